The number of halogens is 1. The summed E-state index contributed by atoms with van der Waals surface area (Å²) in [5, 5.41) is 0. The van der Waals surface area contributed by atoms with Crippen LogP contribution < -0.4 is 0 Å². The summed E-state index contributed by atoms with van der Waals surface area (Å²) < 4.78 is 12.8. The minimum Gasteiger partial charge on any atom is -0.243 e. The fourth-order valence-corrected chi connectivity index (χ4v) is 1.69. The maximum absolute atomic E-state index is 12.8. The average molecular weight is 188 g/mol. The third-order valence-electron chi connectivity index (χ3n) is 2.50. The van der Waals surface area contributed by atoms with Gasteiger partial charge in [0, 0.05) is 6.42 Å². The van der Waals surface area contributed by atoms with Crippen LogP contribution in [-0.4, -0.2) is 6.17 Å². The molecule has 0 saturated carbocycles. The Labute approximate surface area is 83.8 Å². The molecular weight excluding hydrogens is 175 g/mol. The Hall–Kier alpha value is -1.37. The smallest absolute Gasteiger partial charge is 0.122 e. The van der Waals surface area contributed by atoms with Crippen LogP contribution in [0.25, 0.3) is 5.57 Å². The highest BCUT2D eigenvalue weighted by atomic mass is 19.1. The van der Waals surface area contributed by atoms with Crippen molar-refractivity contribution in [1.29, 1.82) is 0 Å². The molecule has 0 bridgehead atoms. The zero-order valence-corrected chi connectivity index (χ0v) is 8.20. The van der Waals surface area contributed by atoms with E-state index in [1.54, 1.807) is 6.08 Å². The first-order chi connectivity index (χ1) is 6.77. The summed E-state index contributed by atoms with van der Waals surface area (Å²) in [4.78, 5) is 0. The van der Waals surface area contributed by atoms with Gasteiger partial charge in [0.15, 0.2) is 0 Å². The molecule has 0 spiro atoms. The molecule has 0 N–H and O–H groups in total. The number of rotatable bonds is 1. The number of hydrogen-bond acceptors (Lipinski definition) is 0. The fraction of sp³-hybridized carbons (Fsp3) is 0.231. The van der Waals surface area contributed by atoms with Crippen LogP contribution in [-0.2, 0) is 0 Å². The number of hydrogen-bond donors (Lipinski definition) is 0. The fourth-order valence-electron chi connectivity index (χ4n) is 1.69. The van der Waals surface area contributed by atoms with Gasteiger partial charge in [-0.2, -0.15) is 0 Å². The second-order valence-electron chi connectivity index (χ2n) is 3.59. The summed E-state index contributed by atoms with van der Waals surface area (Å²) in [7, 11) is 0. The van der Waals surface area contributed by atoms with Crippen LogP contribution in [0.2, 0.25) is 0 Å². The highest BCUT2D eigenvalue weighted by Gasteiger charge is 2.08. The van der Waals surface area contributed by atoms with Crippen LogP contribution in [0.3, 0.4) is 0 Å². The first-order valence-corrected chi connectivity index (χ1v) is 4.86. The standard InChI is InChI=1S/C13H13F/c1-10-4-2-3-5-13(10)11-6-8-12(14)9-7-11/h2-8,12H,9H2,1H3. The molecule has 1 aromatic rings. The molecular formula is C13H13F. The van der Waals surface area contributed by atoms with Crippen molar-refractivity contribution in [1.82, 2.24) is 0 Å². The van der Waals surface area contributed by atoms with E-state index in [2.05, 4.69) is 19.1 Å². The summed E-state index contributed by atoms with van der Waals surface area (Å²) in [6.07, 6.45) is 5.16. The van der Waals surface area contributed by atoms with E-state index in [4.69, 9.17) is 0 Å². The van der Waals surface area contributed by atoms with Crippen LogP contribution in [0, 0.1) is 6.92 Å². The summed E-state index contributed by atoms with van der Waals surface area (Å²) in [6.45, 7) is 2.07. The Balaban J connectivity index is 2.33. The van der Waals surface area contributed by atoms with Crippen molar-refractivity contribution in [3.8, 4) is 0 Å². The van der Waals surface area contributed by atoms with Crippen LogP contribution in [0.5, 0.6) is 0 Å². The molecule has 0 amide bonds. The molecule has 0 aromatic heterocycles. The van der Waals surface area contributed by atoms with E-state index in [0.29, 0.717) is 6.42 Å². The van der Waals surface area contributed by atoms with E-state index < -0.39 is 6.17 Å². The molecule has 0 fully saturated rings. The summed E-state index contributed by atoms with van der Waals surface area (Å²) in [5.41, 5.74) is 3.58. The average Bonchev–Trinajstić information content (AvgIpc) is 2.20. The first-order valence-electron chi connectivity index (χ1n) is 4.86. The second kappa shape index (κ2) is 3.79. The number of aryl methyl sites for hydroxylation is 1. The predicted molar refractivity (Wildman–Crippen MR) is 57.8 cm³/mol. The SMILES string of the molecule is Cc1ccccc1C1=CCC(F)C=C1. The summed E-state index contributed by atoms with van der Waals surface area (Å²) in [5.74, 6) is 0. The van der Waals surface area contributed by atoms with Crippen LogP contribution >= 0.6 is 0 Å². The Morgan fingerprint density at radius 1 is 1.29 bits per heavy atom. The predicted octanol–water partition coefficient (Wildman–Crippen LogP) is 3.68. The van der Waals surface area contributed by atoms with Crippen LogP contribution in [0.1, 0.15) is 17.5 Å². The van der Waals surface area contributed by atoms with Gasteiger partial charge in [-0.25, -0.2) is 4.39 Å². The van der Waals surface area contributed by atoms with Crippen molar-refractivity contribution in [2.45, 2.75) is 19.5 Å². The van der Waals surface area contributed by atoms with E-state index >= 15 is 0 Å². The van der Waals surface area contributed by atoms with Gasteiger partial charge in [-0.05, 0) is 29.7 Å². The van der Waals surface area contributed by atoms with Gasteiger partial charge in [0.2, 0.25) is 0 Å². The molecule has 0 nitrogen and oxygen atoms in total. The van der Waals surface area contributed by atoms with Crippen LogP contribution in [0.15, 0.2) is 42.5 Å². The normalized spacial score (nSPS) is 20.7. The lowest BCUT2D eigenvalue weighted by molar-refractivity contribution is 0.402. The zero-order valence-electron chi connectivity index (χ0n) is 8.20. The third kappa shape index (κ3) is 1.77. The van der Waals surface area contributed by atoms with Crippen molar-refractivity contribution in [2.24, 2.45) is 0 Å². The quantitative estimate of drug-likeness (QED) is 0.630. The molecule has 2 rings (SSSR count). The van der Waals surface area contributed by atoms with Gasteiger partial charge in [0.05, 0.1) is 0 Å². The molecule has 1 aromatic carbocycles. The molecule has 14 heavy (non-hydrogen) atoms. The van der Waals surface area contributed by atoms with E-state index in [1.165, 1.54) is 11.1 Å². The number of benzene rings is 1. The van der Waals surface area contributed by atoms with Crippen molar-refractivity contribution >= 4 is 5.57 Å². The molecule has 0 saturated heterocycles. The van der Waals surface area contributed by atoms with Gasteiger partial charge in [0.25, 0.3) is 0 Å². The topological polar surface area (TPSA) is 0 Å². The third-order valence-corrected chi connectivity index (χ3v) is 2.50. The second-order valence-corrected chi connectivity index (χ2v) is 3.59. The van der Waals surface area contributed by atoms with Gasteiger partial charge in [-0.1, -0.05) is 36.4 Å². The van der Waals surface area contributed by atoms with Crippen molar-refractivity contribution in [3.63, 3.8) is 0 Å². The lowest BCUT2D eigenvalue weighted by atomic mass is 9.96. The Morgan fingerprint density at radius 2 is 2.07 bits per heavy atom. The van der Waals surface area contributed by atoms with Crippen molar-refractivity contribution in [2.75, 3.05) is 0 Å². The number of allylic oxidation sites excluding steroid dienone is 4. The Kier molecular flexibility index (Phi) is 2.49. The highest BCUT2D eigenvalue weighted by molar-refractivity contribution is 5.76. The van der Waals surface area contributed by atoms with E-state index in [9.17, 15) is 4.39 Å². The minimum absolute atomic E-state index is 0.500. The van der Waals surface area contributed by atoms with Crippen molar-refractivity contribution in [3.05, 3.63) is 53.6 Å². The largest absolute Gasteiger partial charge is 0.243 e. The maximum atomic E-state index is 12.8. The molecule has 1 aliphatic carbocycles. The summed E-state index contributed by atoms with van der Waals surface area (Å²) in [6, 6.07) is 8.18. The minimum atomic E-state index is -0.803. The Bertz CT molecular complexity index is 388. The monoisotopic (exact) mass is 188 g/mol. The Morgan fingerprint density at radius 3 is 2.71 bits per heavy atom. The molecule has 1 aliphatic rings. The molecule has 1 heteroatoms. The van der Waals surface area contributed by atoms with Gasteiger partial charge < -0.3 is 0 Å². The van der Waals surface area contributed by atoms with Crippen LogP contribution in [0.4, 0.5) is 4.39 Å². The molecule has 1 atom stereocenters. The molecule has 72 valence electrons. The van der Waals surface area contributed by atoms with Crippen molar-refractivity contribution < 1.29 is 4.39 Å². The lowest BCUT2D eigenvalue weighted by Gasteiger charge is -2.11. The van der Waals surface area contributed by atoms with E-state index in [0.717, 1.165) is 5.57 Å². The van der Waals surface area contributed by atoms with Gasteiger partial charge >= 0.3 is 0 Å². The molecule has 0 radical (unpaired) electrons. The van der Waals surface area contributed by atoms with E-state index in [-0.39, 0.29) is 0 Å². The van der Waals surface area contributed by atoms with E-state index in [1.807, 2.05) is 24.3 Å². The number of alkyl halides is 1. The van der Waals surface area contributed by atoms with Gasteiger partial charge in [-0.3, -0.25) is 0 Å². The molecule has 0 aliphatic heterocycles. The maximum Gasteiger partial charge on any atom is 0.122 e. The molecule has 0 heterocycles. The highest BCUT2D eigenvalue weighted by Crippen LogP contribution is 2.24. The first kappa shape index (κ1) is 9.20. The molecule has 1 unspecified atom stereocenters. The van der Waals surface area contributed by atoms with Gasteiger partial charge in [-0.15, -0.1) is 0 Å². The lowest BCUT2D eigenvalue weighted by Crippen LogP contribution is -1.98. The summed E-state index contributed by atoms with van der Waals surface area (Å²) >= 11 is 0. The van der Waals surface area contributed by atoms with Gasteiger partial charge in [0.1, 0.15) is 6.17 Å². The zero-order chi connectivity index (χ0) is 9.97.